The average molecular weight is 290 g/mol. The molecule has 0 spiro atoms. The summed E-state index contributed by atoms with van der Waals surface area (Å²) < 4.78 is 40.8. The second-order valence-corrected chi connectivity index (χ2v) is 4.50. The standard InChI is InChI=1S/C15H9F3N2O/c16-15(17,18)13-4-2-1-3-12(13)14-19-8-11-7-10(9-21)5-6-20(11)14/h1-9H. The highest BCUT2D eigenvalue weighted by Gasteiger charge is 2.34. The van der Waals surface area contributed by atoms with Crippen LogP contribution in [0.15, 0.2) is 48.8 Å². The van der Waals surface area contributed by atoms with Crippen LogP contribution in [0.25, 0.3) is 16.9 Å². The maximum atomic E-state index is 13.1. The molecule has 0 aliphatic rings. The Morgan fingerprint density at radius 1 is 1.14 bits per heavy atom. The number of carbonyl (C=O) groups excluding carboxylic acids is 1. The average Bonchev–Trinajstić information content (AvgIpc) is 2.89. The summed E-state index contributed by atoms with van der Waals surface area (Å²) in [4.78, 5) is 14.8. The monoisotopic (exact) mass is 290 g/mol. The van der Waals surface area contributed by atoms with Crippen molar-refractivity contribution < 1.29 is 18.0 Å². The van der Waals surface area contributed by atoms with Gasteiger partial charge in [-0.15, -0.1) is 0 Å². The third kappa shape index (κ3) is 2.29. The van der Waals surface area contributed by atoms with Crippen molar-refractivity contribution >= 4 is 11.8 Å². The predicted molar refractivity (Wildman–Crippen MR) is 71.0 cm³/mol. The van der Waals surface area contributed by atoms with Crippen LogP contribution >= 0.6 is 0 Å². The third-order valence-corrected chi connectivity index (χ3v) is 3.17. The van der Waals surface area contributed by atoms with Crippen molar-refractivity contribution in [2.75, 3.05) is 0 Å². The molecule has 0 fully saturated rings. The first kappa shape index (κ1) is 13.4. The molecule has 3 nitrogen and oxygen atoms in total. The lowest BCUT2D eigenvalue weighted by molar-refractivity contribution is -0.137. The van der Waals surface area contributed by atoms with Crippen molar-refractivity contribution in [2.24, 2.45) is 0 Å². The van der Waals surface area contributed by atoms with Gasteiger partial charge < -0.3 is 0 Å². The molecular formula is C15H9F3N2O. The summed E-state index contributed by atoms with van der Waals surface area (Å²) in [5, 5.41) is 0. The topological polar surface area (TPSA) is 34.4 Å². The van der Waals surface area contributed by atoms with Crippen molar-refractivity contribution in [1.29, 1.82) is 0 Å². The van der Waals surface area contributed by atoms with E-state index in [4.69, 9.17) is 0 Å². The van der Waals surface area contributed by atoms with Gasteiger partial charge in [-0.3, -0.25) is 9.20 Å². The summed E-state index contributed by atoms with van der Waals surface area (Å²) in [6, 6.07) is 8.38. The van der Waals surface area contributed by atoms with E-state index in [0.717, 1.165) is 6.07 Å². The zero-order valence-corrected chi connectivity index (χ0v) is 10.6. The van der Waals surface area contributed by atoms with Crippen molar-refractivity contribution in [2.45, 2.75) is 6.18 Å². The number of aldehydes is 1. The first-order valence-electron chi connectivity index (χ1n) is 6.09. The Morgan fingerprint density at radius 3 is 2.62 bits per heavy atom. The molecule has 3 rings (SSSR count). The molecule has 0 amide bonds. The van der Waals surface area contributed by atoms with Gasteiger partial charge in [0.05, 0.1) is 17.3 Å². The largest absolute Gasteiger partial charge is 0.417 e. The highest BCUT2D eigenvalue weighted by Crippen LogP contribution is 2.36. The van der Waals surface area contributed by atoms with Crippen LogP contribution in [-0.4, -0.2) is 15.7 Å². The van der Waals surface area contributed by atoms with Gasteiger partial charge in [0.1, 0.15) is 12.1 Å². The summed E-state index contributed by atoms with van der Waals surface area (Å²) in [6.07, 6.45) is -0.800. The van der Waals surface area contributed by atoms with Crippen LogP contribution < -0.4 is 0 Å². The Kier molecular flexibility index (Phi) is 3.01. The van der Waals surface area contributed by atoms with Gasteiger partial charge in [0.2, 0.25) is 0 Å². The van der Waals surface area contributed by atoms with E-state index in [1.54, 1.807) is 6.07 Å². The quantitative estimate of drug-likeness (QED) is 0.672. The highest BCUT2D eigenvalue weighted by molar-refractivity contribution is 5.78. The fraction of sp³-hybridized carbons (Fsp3) is 0.0667. The fourth-order valence-electron chi connectivity index (χ4n) is 2.21. The predicted octanol–water partition coefficient (Wildman–Crippen LogP) is 3.83. The van der Waals surface area contributed by atoms with Gasteiger partial charge in [0.25, 0.3) is 0 Å². The Morgan fingerprint density at radius 2 is 1.90 bits per heavy atom. The van der Waals surface area contributed by atoms with Crippen molar-refractivity contribution in [1.82, 2.24) is 9.38 Å². The molecule has 0 saturated heterocycles. The number of hydrogen-bond acceptors (Lipinski definition) is 2. The lowest BCUT2D eigenvalue weighted by atomic mass is 10.1. The van der Waals surface area contributed by atoms with Crippen LogP contribution in [0.2, 0.25) is 0 Å². The molecule has 6 heteroatoms. The Balaban J connectivity index is 2.24. The summed E-state index contributed by atoms with van der Waals surface area (Å²) in [5.74, 6) is 0.190. The van der Waals surface area contributed by atoms with Crippen LogP contribution in [0, 0.1) is 0 Å². The Hall–Kier alpha value is -2.63. The molecule has 0 aliphatic carbocycles. The van der Waals surface area contributed by atoms with Crippen molar-refractivity contribution in [3.8, 4) is 11.4 Å². The second kappa shape index (κ2) is 4.73. The van der Waals surface area contributed by atoms with E-state index in [9.17, 15) is 18.0 Å². The van der Waals surface area contributed by atoms with Crippen LogP contribution in [0.1, 0.15) is 15.9 Å². The van der Waals surface area contributed by atoms with E-state index in [-0.39, 0.29) is 11.4 Å². The van der Waals surface area contributed by atoms with E-state index in [2.05, 4.69) is 4.98 Å². The summed E-state index contributed by atoms with van der Waals surface area (Å²) in [7, 11) is 0. The van der Waals surface area contributed by atoms with E-state index in [1.165, 1.54) is 41.1 Å². The van der Waals surface area contributed by atoms with Crippen molar-refractivity contribution in [3.05, 3.63) is 59.9 Å². The number of hydrogen-bond donors (Lipinski definition) is 0. The van der Waals surface area contributed by atoms with Gasteiger partial charge >= 0.3 is 6.18 Å². The number of pyridine rings is 1. The molecule has 0 bridgehead atoms. The number of rotatable bonds is 2. The van der Waals surface area contributed by atoms with Crippen LogP contribution in [0.4, 0.5) is 13.2 Å². The molecule has 106 valence electrons. The van der Waals surface area contributed by atoms with Gasteiger partial charge in [0.15, 0.2) is 0 Å². The number of nitrogens with zero attached hydrogens (tertiary/aromatic N) is 2. The number of aromatic nitrogens is 2. The molecule has 0 atom stereocenters. The molecule has 0 unspecified atom stereocenters. The summed E-state index contributed by atoms with van der Waals surface area (Å²) >= 11 is 0. The minimum absolute atomic E-state index is 0.00357. The summed E-state index contributed by atoms with van der Waals surface area (Å²) in [5.41, 5.74) is 0.269. The van der Waals surface area contributed by atoms with Gasteiger partial charge in [0, 0.05) is 17.3 Å². The first-order chi connectivity index (χ1) is 10.0. The number of alkyl halides is 3. The van der Waals surface area contributed by atoms with Gasteiger partial charge in [-0.05, 0) is 18.2 Å². The van der Waals surface area contributed by atoms with E-state index >= 15 is 0 Å². The minimum atomic E-state index is -4.45. The zero-order valence-electron chi connectivity index (χ0n) is 10.6. The third-order valence-electron chi connectivity index (χ3n) is 3.17. The molecule has 2 heterocycles. The number of imidazole rings is 1. The molecule has 0 radical (unpaired) electrons. The normalized spacial score (nSPS) is 11.8. The maximum Gasteiger partial charge on any atom is 0.417 e. The lowest BCUT2D eigenvalue weighted by Crippen LogP contribution is -2.08. The minimum Gasteiger partial charge on any atom is -0.300 e. The number of carbonyl (C=O) groups is 1. The van der Waals surface area contributed by atoms with Gasteiger partial charge in [-0.25, -0.2) is 4.98 Å². The van der Waals surface area contributed by atoms with Gasteiger partial charge in [-0.2, -0.15) is 13.2 Å². The Bertz CT molecular complexity index is 821. The van der Waals surface area contributed by atoms with Crippen molar-refractivity contribution in [3.63, 3.8) is 0 Å². The van der Waals surface area contributed by atoms with E-state index in [0.29, 0.717) is 17.4 Å². The fourth-order valence-corrected chi connectivity index (χ4v) is 2.21. The lowest BCUT2D eigenvalue weighted by Gasteiger charge is -2.11. The van der Waals surface area contributed by atoms with Gasteiger partial charge in [-0.1, -0.05) is 18.2 Å². The SMILES string of the molecule is O=Cc1ccn2c(-c3ccccc3C(F)(F)F)ncc2c1. The van der Waals surface area contributed by atoms with E-state index < -0.39 is 11.7 Å². The smallest absolute Gasteiger partial charge is 0.300 e. The molecule has 0 aliphatic heterocycles. The number of fused-ring (bicyclic) bond motifs is 1. The number of halogens is 3. The summed E-state index contributed by atoms with van der Waals surface area (Å²) in [6.45, 7) is 0. The molecule has 21 heavy (non-hydrogen) atoms. The maximum absolute atomic E-state index is 13.1. The van der Waals surface area contributed by atoms with Crippen LogP contribution in [-0.2, 0) is 6.18 Å². The molecule has 2 aromatic heterocycles. The number of benzene rings is 1. The molecule has 0 N–H and O–H groups in total. The Labute approximate surface area is 117 Å². The molecular weight excluding hydrogens is 281 g/mol. The highest BCUT2D eigenvalue weighted by atomic mass is 19.4. The van der Waals surface area contributed by atoms with Crippen LogP contribution in [0.5, 0.6) is 0 Å². The zero-order chi connectivity index (χ0) is 15.0. The van der Waals surface area contributed by atoms with E-state index in [1.807, 2.05) is 0 Å². The second-order valence-electron chi connectivity index (χ2n) is 4.50. The molecule has 3 aromatic rings. The first-order valence-corrected chi connectivity index (χ1v) is 6.09. The molecule has 0 saturated carbocycles. The molecule has 1 aromatic carbocycles. The van der Waals surface area contributed by atoms with Crippen LogP contribution in [0.3, 0.4) is 0 Å².